The Hall–Kier alpha value is -4.44. The first kappa shape index (κ1) is 28.1. The summed E-state index contributed by atoms with van der Waals surface area (Å²) in [7, 11) is 5.55. The van der Waals surface area contributed by atoms with Gasteiger partial charge in [0.25, 0.3) is 0 Å². The summed E-state index contributed by atoms with van der Waals surface area (Å²) in [5.41, 5.74) is 2.75. The molecule has 0 radical (unpaired) electrons. The van der Waals surface area contributed by atoms with E-state index in [4.69, 9.17) is 0 Å². The van der Waals surface area contributed by atoms with Crippen molar-refractivity contribution in [2.75, 3.05) is 39.1 Å². The molecule has 10 heteroatoms. The van der Waals surface area contributed by atoms with Gasteiger partial charge in [-0.1, -0.05) is 48.5 Å². The summed E-state index contributed by atoms with van der Waals surface area (Å²) in [6.07, 6.45) is 2.18. The molecule has 5 rings (SSSR count). The van der Waals surface area contributed by atoms with Gasteiger partial charge >= 0.3 is 0 Å². The van der Waals surface area contributed by atoms with E-state index in [9.17, 15) is 19.5 Å². The summed E-state index contributed by atoms with van der Waals surface area (Å²) >= 11 is 0. The van der Waals surface area contributed by atoms with Crippen LogP contribution in [0.4, 0.5) is 5.82 Å². The molecule has 1 aromatic heterocycles. The lowest BCUT2D eigenvalue weighted by atomic mass is 9.98. The van der Waals surface area contributed by atoms with E-state index >= 15 is 0 Å². The highest BCUT2D eigenvalue weighted by Gasteiger charge is 2.50. The number of aromatic hydroxyl groups is 1. The summed E-state index contributed by atoms with van der Waals surface area (Å²) in [4.78, 5) is 51.1. The molecule has 2 aliphatic rings. The Morgan fingerprint density at radius 3 is 2.44 bits per heavy atom. The molecule has 3 aromatic rings. The number of piperazine rings is 1. The van der Waals surface area contributed by atoms with Gasteiger partial charge < -0.3 is 19.8 Å². The quantitative estimate of drug-likeness (QED) is 0.455. The van der Waals surface area contributed by atoms with Gasteiger partial charge in [-0.3, -0.25) is 19.4 Å². The lowest BCUT2D eigenvalue weighted by molar-refractivity contribution is -0.202. The second-order valence-corrected chi connectivity index (χ2v) is 10.8. The number of aromatic nitrogens is 1. The molecule has 10 nitrogen and oxygen atoms in total. The van der Waals surface area contributed by atoms with Gasteiger partial charge in [0.15, 0.2) is 0 Å². The SMILES string of the molecule is CN(C)c1ncccc1CN1CC2N(C(=O)CN(C)N2C(=O)CCc2ccccc2)[C@@H](Cc2ccc(O)cc2)C1=O. The molecule has 1 unspecified atom stereocenters. The number of aryl methyl sites for hydroxylation is 1. The minimum Gasteiger partial charge on any atom is -0.508 e. The van der Waals surface area contributed by atoms with Crippen LogP contribution in [-0.4, -0.2) is 94.1 Å². The minimum absolute atomic E-state index is 0.000315. The molecule has 0 saturated carbocycles. The molecule has 41 heavy (non-hydrogen) atoms. The van der Waals surface area contributed by atoms with Crippen LogP contribution in [0.3, 0.4) is 0 Å². The normalized spacial score (nSPS) is 19.3. The Labute approximate surface area is 240 Å². The molecule has 0 aliphatic carbocycles. The van der Waals surface area contributed by atoms with E-state index in [2.05, 4.69) is 4.98 Å². The maximum atomic E-state index is 14.1. The van der Waals surface area contributed by atoms with Crippen LogP contribution in [-0.2, 0) is 33.8 Å². The average Bonchev–Trinajstić information content (AvgIpc) is 2.95. The molecule has 2 aromatic carbocycles. The maximum Gasteiger partial charge on any atom is 0.246 e. The number of rotatable bonds is 8. The summed E-state index contributed by atoms with van der Waals surface area (Å²) in [5.74, 6) is 0.397. The van der Waals surface area contributed by atoms with Gasteiger partial charge in [0.2, 0.25) is 17.7 Å². The highest BCUT2D eigenvalue weighted by Crippen LogP contribution is 2.30. The number of hydrogen-bond acceptors (Lipinski definition) is 7. The number of amides is 3. The number of benzene rings is 2. The molecular weight excluding hydrogens is 520 g/mol. The Morgan fingerprint density at radius 1 is 1.00 bits per heavy atom. The molecule has 2 fully saturated rings. The largest absolute Gasteiger partial charge is 0.508 e. The number of hydrazine groups is 1. The molecule has 2 aliphatic heterocycles. The van der Waals surface area contributed by atoms with Gasteiger partial charge in [0.1, 0.15) is 23.8 Å². The molecule has 0 bridgehead atoms. The van der Waals surface area contributed by atoms with Crippen LogP contribution < -0.4 is 4.90 Å². The van der Waals surface area contributed by atoms with Crippen molar-refractivity contribution in [1.82, 2.24) is 24.8 Å². The Morgan fingerprint density at radius 2 is 1.73 bits per heavy atom. The van der Waals surface area contributed by atoms with Gasteiger partial charge in [0, 0.05) is 52.3 Å². The number of hydrogen-bond donors (Lipinski definition) is 1. The number of carbonyl (C=O) groups excluding carboxylic acids is 3. The first-order valence-electron chi connectivity index (χ1n) is 13.8. The second-order valence-electron chi connectivity index (χ2n) is 10.8. The van der Waals surface area contributed by atoms with Gasteiger partial charge in [0.05, 0.1) is 13.1 Å². The Balaban J connectivity index is 1.48. The molecule has 2 atom stereocenters. The number of carbonyl (C=O) groups is 3. The highest BCUT2D eigenvalue weighted by atomic mass is 16.3. The average molecular weight is 557 g/mol. The minimum atomic E-state index is -0.802. The van der Waals surface area contributed by atoms with E-state index in [0.717, 1.165) is 22.5 Å². The van der Waals surface area contributed by atoms with Crippen LogP contribution in [0, 0.1) is 0 Å². The maximum absolute atomic E-state index is 14.1. The van der Waals surface area contributed by atoms with Crippen molar-refractivity contribution < 1.29 is 19.5 Å². The van der Waals surface area contributed by atoms with Gasteiger partial charge in [-0.25, -0.2) is 9.99 Å². The van der Waals surface area contributed by atoms with Crippen molar-refractivity contribution in [3.63, 3.8) is 0 Å². The number of fused-ring (bicyclic) bond motifs is 1. The lowest BCUT2D eigenvalue weighted by Crippen LogP contribution is -2.75. The molecule has 214 valence electrons. The van der Waals surface area contributed by atoms with Crippen molar-refractivity contribution in [2.45, 2.75) is 38.0 Å². The van der Waals surface area contributed by atoms with Crippen LogP contribution >= 0.6 is 0 Å². The fourth-order valence-electron chi connectivity index (χ4n) is 5.74. The zero-order valence-corrected chi connectivity index (χ0v) is 23.7. The predicted molar refractivity (Wildman–Crippen MR) is 154 cm³/mol. The van der Waals surface area contributed by atoms with E-state index < -0.39 is 12.2 Å². The number of pyridine rings is 1. The van der Waals surface area contributed by atoms with Gasteiger partial charge in [-0.2, -0.15) is 0 Å². The van der Waals surface area contributed by atoms with Crippen molar-refractivity contribution in [3.05, 3.63) is 89.6 Å². The Kier molecular flexibility index (Phi) is 8.21. The summed E-state index contributed by atoms with van der Waals surface area (Å²) in [6, 6.07) is 19.5. The first-order valence-corrected chi connectivity index (χ1v) is 13.8. The third-order valence-corrected chi connectivity index (χ3v) is 7.68. The number of nitrogens with zero attached hydrogens (tertiary/aromatic N) is 6. The number of likely N-dealkylation sites (N-methyl/N-ethyl adjacent to an activating group) is 1. The van der Waals surface area contributed by atoms with Crippen LogP contribution in [0.5, 0.6) is 5.75 Å². The topological polar surface area (TPSA) is 101 Å². The van der Waals surface area contributed by atoms with E-state index in [1.165, 1.54) is 0 Å². The molecule has 3 heterocycles. The van der Waals surface area contributed by atoms with Crippen molar-refractivity contribution in [3.8, 4) is 5.75 Å². The zero-order chi connectivity index (χ0) is 29.1. The predicted octanol–water partition coefficient (Wildman–Crippen LogP) is 2.28. The van der Waals surface area contributed by atoms with E-state index in [0.29, 0.717) is 13.0 Å². The summed E-state index contributed by atoms with van der Waals surface area (Å²) in [5, 5.41) is 13.1. The van der Waals surface area contributed by atoms with Crippen LogP contribution in [0.15, 0.2) is 72.9 Å². The fraction of sp³-hybridized carbons (Fsp3) is 0.355. The number of phenols is 1. The standard InChI is InChI=1S/C31H36N6O4/c1-33(2)30-24(10-7-17-32-30)19-35-20-27-36(26(31(35)41)18-23-11-14-25(38)15-12-23)29(40)21-34(3)37(27)28(39)16-13-22-8-5-4-6-9-22/h4-12,14-15,17,26-27,38H,13,16,18-21H2,1-3H3/t26-,27?/m0/s1. The number of anilines is 1. The van der Waals surface area contributed by atoms with Crippen molar-refractivity contribution in [1.29, 1.82) is 0 Å². The molecule has 0 spiro atoms. The molecule has 1 N–H and O–H groups in total. The van der Waals surface area contributed by atoms with E-state index in [1.807, 2.05) is 61.5 Å². The third-order valence-electron chi connectivity index (χ3n) is 7.68. The van der Waals surface area contributed by atoms with Crippen LogP contribution in [0.2, 0.25) is 0 Å². The zero-order valence-electron chi connectivity index (χ0n) is 23.7. The third kappa shape index (κ3) is 6.02. The lowest BCUT2D eigenvalue weighted by Gasteiger charge is -2.54. The van der Waals surface area contributed by atoms with Crippen molar-refractivity contribution in [2.24, 2.45) is 0 Å². The highest BCUT2D eigenvalue weighted by molar-refractivity contribution is 5.92. The smallest absolute Gasteiger partial charge is 0.246 e. The van der Waals surface area contributed by atoms with Gasteiger partial charge in [-0.15, -0.1) is 0 Å². The fourth-order valence-corrected chi connectivity index (χ4v) is 5.74. The first-order chi connectivity index (χ1) is 19.7. The van der Waals surface area contributed by atoms with Crippen molar-refractivity contribution >= 4 is 23.5 Å². The van der Waals surface area contributed by atoms with Gasteiger partial charge in [-0.05, 0) is 35.7 Å². The number of phenolic OH excluding ortho intramolecular Hbond substituents is 1. The van der Waals surface area contributed by atoms with E-state index in [-0.39, 0.29) is 49.4 Å². The Bertz CT molecular complexity index is 1400. The molecular formula is C31H36N6O4. The van der Waals surface area contributed by atoms with E-state index in [1.54, 1.807) is 57.3 Å². The molecule has 3 amide bonds. The summed E-state index contributed by atoms with van der Waals surface area (Å²) < 4.78 is 0. The van der Waals surface area contributed by atoms with Crippen LogP contribution in [0.1, 0.15) is 23.1 Å². The monoisotopic (exact) mass is 556 g/mol. The summed E-state index contributed by atoms with van der Waals surface area (Å²) in [6.45, 7) is 0.473. The van der Waals surface area contributed by atoms with Crippen LogP contribution in [0.25, 0.3) is 0 Å². The second kappa shape index (κ2) is 12.0. The molecule has 2 saturated heterocycles.